The third-order valence-corrected chi connectivity index (χ3v) is 2.65. The number of methoxy groups -OCH3 is 1. The number of ether oxygens (including phenoxy) is 2. The predicted octanol–water partition coefficient (Wildman–Crippen LogP) is 3.07. The molecule has 0 saturated carbocycles. The van der Waals surface area contributed by atoms with Crippen LogP contribution in [0.4, 0.5) is 0 Å². The summed E-state index contributed by atoms with van der Waals surface area (Å²) in [6.07, 6.45) is 0. The van der Waals surface area contributed by atoms with Crippen molar-refractivity contribution in [1.82, 2.24) is 0 Å². The standard InChI is InChI=1S/C15H15NO3.ClH/c1-18-15(17)14(16)11-6-5-9-13(10-11)19-12-7-3-2-4-8-12;/h2-10,14H,16H2,1H3;1H/t14-;/m1./s1. The highest BCUT2D eigenvalue weighted by Crippen LogP contribution is 2.24. The first-order valence-corrected chi connectivity index (χ1v) is 5.87. The van der Waals surface area contributed by atoms with E-state index in [0.717, 1.165) is 5.75 Å². The molecule has 0 fully saturated rings. The summed E-state index contributed by atoms with van der Waals surface area (Å²) >= 11 is 0. The Hall–Kier alpha value is -2.04. The molecule has 0 aliphatic carbocycles. The average molecular weight is 294 g/mol. The molecular weight excluding hydrogens is 278 g/mol. The zero-order chi connectivity index (χ0) is 13.7. The van der Waals surface area contributed by atoms with Crippen LogP contribution in [0, 0.1) is 0 Å². The summed E-state index contributed by atoms with van der Waals surface area (Å²) in [4.78, 5) is 11.4. The van der Waals surface area contributed by atoms with Crippen molar-refractivity contribution in [2.75, 3.05) is 7.11 Å². The van der Waals surface area contributed by atoms with Crippen molar-refractivity contribution in [2.45, 2.75) is 6.04 Å². The molecule has 1 atom stereocenters. The fourth-order valence-electron chi connectivity index (χ4n) is 1.66. The first-order valence-electron chi connectivity index (χ1n) is 5.87. The Morgan fingerprint density at radius 3 is 2.35 bits per heavy atom. The number of carbonyl (C=O) groups excluding carboxylic acids is 1. The van der Waals surface area contributed by atoms with Crippen molar-refractivity contribution in [3.05, 3.63) is 60.2 Å². The number of para-hydroxylation sites is 1. The molecule has 2 aromatic rings. The van der Waals surface area contributed by atoms with Gasteiger partial charge in [0.05, 0.1) is 7.11 Å². The van der Waals surface area contributed by atoms with E-state index in [1.165, 1.54) is 7.11 Å². The van der Waals surface area contributed by atoms with Gasteiger partial charge in [-0.15, -0.1) is 12.4 Å². The summed E-state index contributed by atoms with van der Waals surface area (Å²) in [5.41, 5.74) is 6.43. The third-order valence-electron chi connectivity index (χ3n) is 2.65. The van der Waals surface area contributed by atoms with E-state index < -0.39 is 12.0 Å². The summed E-state index contributed by atoms with van der Waals surface area (Å²) < 4.78 is 10.3. The highest BCUT2D eigenvalue weighted by atomic mass is 35.5. The topological polar surface area (TPSA) is 61.5 Å². The van der Waals surface area contributed by atoms with Gasteiger partial charge < -0.3 is 15.2 Å². The number of benzene rings is 2. The Morgan fingerprint density at radius 2 is 1.70 bits per heavy atom. The number of nitrogens with two attached hydrogens (primary N) is 1. The number of halogens is 1. The maximum atomic E-state index is 11.4. The van der Waals surface area contributed by atoms with Crippen molar-refractivity contribution in [3.63, 3.8) is 0 Å². The monoisotopic (exact) mass is 293 g/mol. The first kappa shape index (κ1) is 16.0. The van der Waals surface area contributed by atoms with Gasteiger partial charge in [0.25, 0.3) is 0 Å². The molecule has 0 amide bonds. The van der Waals surface area contributed by atoms with Crippen LogP contribution in [0.2, 0.25) is 0 Å². The molecule has 4 nitrogen and oxygen atoms in total. The van der Waals surface area contributed by atoms with E-state index in [0.29, 0.717) is 11.3 Å². The van der Waals surface area contributed by atoms with Crippen LogP contribution in [-0.2, 0) is 9.53 Å². The molecule has 0 aromatic heterocycles. The second kappa shape index (κ2) is 7.53. The van der Waals surface area contributed by atoms with Crippen LogP contribution in [0.5, 0.6) is 11.5 Å². The molecule has 20 heavy (non-hydrogen) atoms. The maximum absolute atomic E-state index is 11.4. The summed E-state index contributed by atoms with van der Waals surface area (Å²) in [6, 6.07) is 15.7. The van der Waals surface area contributed by atoms with Gasteiger partial charge in [0, 0.05) is 0 Å². The molecule has 0 bridgehead atoms. The highest BCUT2D eigenvalue weighted by Gasteiger charge is 2.16. The van der Waals surface area contributed by atoms with E-state index in [9.17, 15) is 4.79 Å². The van der Waals surface area contributed by atoms with Crippen molar-refractivity contribution in [1.29, 1.82) is 0 Å². The summed E-state index contributed by atoms with van der Waals surface area (Å²) in [6.45, 7) is 0. The molecule has 0 unspecified atom stereocenters. The van der Waals surface area contributed by atoms with Crippen LogP contribution in [0.1, 0.15) is 11.6 Å². The highest BCUT2D eigenvalue weighted by molar-refractivity contribution is 5.85. The fourth-order valence-corrected chi connectivity index (χ4v) is 1.66. The van der Waals surface area contributed by atoms with Crippen LogP contribution < -0.4 is 10.5 Å². The Morgan fingerprint density at radius 1 is 1.05 bits per heavy atom. The molecule has 106 valence electrons. The fraction of sp³-hybridized carbons (Fsp3) is 0.133. The first-order chi connectivity index (χ1) is 9.20. The number of hydrogen-bond donors (Lipinski definition) is 1. The van der Waals surface area contributed by atoms with Gasteiger partial charge in [0.15, 0.2) is 0 Å². The summed E-state index contributed by atoms with van der Waals surface area (Å²) in [7, 11) is 1.31. The van der Waals surface area contributed by atoms with Crippen molar-refractivity contribution < 1.29 is 14.3 Å². The van der Waals surface area contributed by atoms with Crippen LogP contribution in [-0.4, -0.2) is 13.1 Å². The van der Waals surface area contributed by atoms with Gasteiger partial charge in [-0.25, -0.2) is 0 Å². The lowest BCUT2D eigenvalue weighted by Gasteiger charge is -2.11. The lowest BCUT2D eigenvalue weighted by Crippen LogP contribution is -2.22. The van der Waals surface area contributed by atoms with Crippen LogP contribution in [0.3, 0.4) is 0 Å². The van der Waals surface area contributed by atoms with Crippen molar-refractivity contribution >= 4 is 18.4 Å². The molecular formula is C15H16ClNO3. The Bertz CT molecular complexity index is 560. The van der Waals surface area contributed by atoms with Gasteiger partial charge in [-0.1, -0.05) is 30.3 Å². The molecule has 0 aliphatic rings. The Kier molecular flexibility index (Phi) is 6.03. The van der Waals surface area contributed by atoms with Crippen LogP contribution in [0.15, 0.2) is 54.6 Å². The maximum Gasteiger partial charge on any atom is 0.327 e. The van der Waals surface area contributed by atoms with Gasteiger partial charge in [0.1, 0.15) is 17.5 Å². The van der Waals surface area contributed by atoms with Gasteiger partial charge in [-0.05, 0) is 29.8 Å². The average Bonchev–Trinajstić information content (AvgIpc) is 2.47. The van der Waals surface area contributed by atoms with Crippen LogP contribution >= 0.6 is 12.4 Å². The number of rotatable bonds is 4. The van der Waals surface area contributed by atoms with Crippen molar-refractivity contribution in [2.24, 2.45) is 5.73 Å². The SMILES string of the molecule is COC(=O)[C@H](N)c1cccc(Oc2ccccc2)c1.Cl. The van der Waals surface area contributed by atoms with Gasteiger partial charge in [-0.2, -0.15) is 0 Å². The van der Waals surface area contributed by atoms with Gasteiger partial charge in [0.2, 0.25) is 0 Å². The second-order valence-electron chi connectivity index (χ2n) is 3.99. The minimum Gasteiger partial charge on any atom is -0.468 e. The molecule has 0 saturated heterocycles. The Balaban J connectivity index is 0.00000200. The Labute approximate surface area is 123 Å². The van der Waals surface area contributed by atoms with Crippen molar-refractivity contribution in [3.8, 4) is 11.5 Å². The molecule has 0 heterocycles. The van der Waals surface area contributed by atoms with Gasteiger partial charge in [-0.3, -0.25) is 4.79 Å². The summed E-state index contributed by atoms with van der Waals surface area (Å²) in [5.74, 6) is 0.881. The van der Waals surface area contributed by atoms with Gasteiger partial charge >= 0.3 is 5.97 Å². The lowest BCUT2D eigenvalue weighted by atomic mass is 10.1. The van der Waals surface area contributed by atoms with E-state index >= 15 is 0 Å². The zero-order valence-corrected chi connectivity index (χ0v) is 11.8. The summed E-state index contributed by atoms with van der Waals surface area (Å²) in [5, 5.41) is 0. The third kappa shape index (κ3) is 3.98. The van der Waals surface area contributed by atoms with E-state index in [4.69, 9.17) is 10.5 Å². The molecule has 2 aromatic carbocycles. The zero-order valence-electron chi connectivity index (χ0n) is 11.0. The minimum atomic E-state index is -0.802. The lowest BCUT2D eigenvalue weighted by molar-refractivity contribution is -0.142. The number of carbonyl (C=O) groups is 1. The molecule has 2 rings (SSSR count). The van der Waals surface area contributed by atoms with E-state index in [2.05, 4.69) is 4.74 Å². The molecule has 0 spiro atoms. The van der Waals surface area contributed by atoms with E-state index in [1.54, 1.807) is 24.3 Å². The van der Waals surface area contributed by atoms with E-state index in [1.807, 2.05) is 30.3 Å². The molecule has 0 aliphatic heterocycles. The predicted molar refractivity (Wildman–Crippen MR) is 79.2 cm³/mol. The van der Waals surface area contributed by atoms with E-state index in [-0.39, 0.29) is 12.4 Å². The molecule has 5 heteroatoms. The number of esters is 1. The quantitative estimate of drug-likeness (QED) is 0.880. The largest absolute Gasteiger partial charge is 0.468 e. The van der Waals surface area contributed by atoms with Crippen LogP contribution in [0.25, 0.3) is 0 Å². The molecule has 0 radical (unpaired) electrons. The minimum absolute atomic E-state index is 0. The number of hydrogen-bond acceptors (Lipinski definition) is 4. The molecule has 2 N–H and O–H groups in total. The normalized spacial score (nSPS) is 11.1. The smallest absolute Gasteiger partial charge is 0.327 e. The second-order valence-corrected chi connectivity index (χ2v) is 3.99.